The summed E-state index contributed by atoms with van der Waals surface area (Å²) in [6.07, 6.45) is 1.87. The maximum absolute atomic E-state index is 11.6. The quantitative estimate of drug-likeness (QED) is 0.625. The van der Waals surface area contributed by atoms with E-state index in [1.807, 2.05) is 6.26 Å². The molecule has 3 N–H and O–H groups in total. The highest BCUT2D eigenvalue weighted by Crippen LogP contribution is 2.13. The largest absolute Gasteiger partial charge is 0.481 e. The Morgan fingerprint density at radius 3 is 2.29 bits per heavy atom. The van der Waals surface area contributed by atoms with E-state index in [4.69, 9.17) is 5.11 Å². The van der Waals surface area contributed by atoms with Crippen LogP contribution in [0.25, 0.3) is 0 Å². The zero-order chi connectivity index (χ0) is 13.6. The molecule has 0 aromatic carbocycles. The number of nitrogens with one attached hydrogen (secondary N) is 1. The van der Waals surface area contributed by atoms with Crippen LogP contribution in [0, 0.1) is 11.8 Å². The molecule has 17 heavy (non-hydrogen) atoms. The number of thioether (sulfide) groups is 1. The minimum absolute atomic E-state index is 0.128. The highest BCUT2D eigenvalue weighted by Gasteiger charge is 2.27. The third-order valence-electron chi connectivity index (χ3n) is 2.65. The van der Waals surface area contributed by atoms with Gasteiger partial charge in [0.15, 0.2) is 0 Å². The molecule has 0 aliphatic carbocycles. The smallest absolute Gasteiger partial charge is 0.307 e. The molecule has 0 aliphatic rings. The summed E-state index contributed by atoms with van der Waals surface area (Å²) in [5, 5.41) is 21.2. The lowest BCUT2D eigenvalue weighted by atomic mass is 9.95. The fourth-order valence-corrected chi connectivity index (χ4v) is 1.97. The molecule has 0 fully saturated rings. The van der Waals surface area contributed by atoms with Crippen molar-refractivity contribution in [2.24, 2.45) is 11.8 Å². The number of carboxylic acid groups (broad SMARTS) is 1. The van der Waals surface area contributed by atoms with E-state index in [0.717, 1.165) is 0 Å². The lowest BCUT2D eigenvalue weighted by Gasteiger charge is -2.24. The molecule has 0 saturated carbocycles. The number of hydrogen-bond donors (Lipinski definition) is 3. The molecule has 0 aromatic heterocycles. The minimum atomic E-state index is -0.997. The average molecular weight is 263 g/mol. The lowest BCUT2D eigenvalue weighted by molar-refractivity contribution is -0.146. The molecule has 3 atom stereocenters. The zero-order valence-electron chi connectivity index (χ0n) is 10.7. The SMILES string of the molecule is CSCC(C)(O)CNC(=O)C(C)C(C)C(=O)O. The Bertz CT molecular complexity index is 281. The maximum atomic E-state index is 11.6. The molecule has 0 heterocycles. The van der Waals surface area contributed by atoms with Gasteiger partial charge in [-0.2, -0.15) is 11.8 Å². The molecular weight excluding hydrogens is 242 g/mol. The third-order valence-corrected chi connectivity index (χ3v) is 3.56. The first-order chi connectivity index (χ1) is 7.71. The van der Waals surface area contributed by atoms with Crippen molar-refractivity contribution in [3.63, 3.8) is 0 Å². The van der Waals surface area contributed by atoms with Crippen molar-refractivity contribution in [3.8, 4) is 0 Å². The van der Waals surface area contributed by atoms with Crippen LogP contribution in [0.3, 0.4) is 0 Å². The molecule has 0 spiro atoms. The van der Waals surface area contributed by atoms with Crippen molar-refractivity contribution >= 4 is 23.6 Å². The molecule has 3 unspecified atom stereocenters. The van der Waals surface area contributed by atoms with Crippen LogP contribution in [0.2, 0.25) is 0 Å². The van der Waals surface area contributed by atoms with Crippen molar-refractivity contribution in [2.45, 2.75) is 26.4 Å². The van der Waals surface area contributed by atoms with Gasteiger partial charge in [0.2, 0.25) is 5.91 Å². The highest BCUT2D eigenvalue weighted by molar-refractivity contribution is 7.98. The van der Waals surface area contributed by atoms with E-state index in [1.165, 1.54) is 18.7 Å². The van der Waals surface area contributed by atoms with Gasteiger partial charge in [-0.05, 0) is 13.2 Å². The van der Waals surface area contributed by atoms with Gasteiger partial charge in [0, 0.05) is 18.2 Å². The summed E-state index contributed by atoms with van der Waals surface area (Å²) < 4.78 is 0. The summed E-state index contributed by atoms with van der Waals surface area (Å²) in [4.78, 5) is 22.4. The van der Waals surface area contributed by atoms with E-state index < -0.39 is 23.4 Å². The minimum Gasteiger partial charge on any atom is -0.481 e. The molecular formula is C11H21NO4S. The van der Waals surface area contributed by atoms with Crippen LogP contribution < -0.4 is 5.32 Å². The van der Waals surface area contributed by atoms with E-state index in [1.54, 1.807) is 13.8 Å². The number of aliphatic carboxylic acids is 1. The second kappa shape index (κ2) is 6.86. The number of hydrogen-bond acceptors (Lipinski definition) is 4. The predicted molar refractivity (Wildman–Crippen MR) is 68.0 cm³/mol. The molecule has 0 bridgehead atoms. The van der Waals surface area contributed by atoms with E-state index in [-0.39, 0.29) is 12.5 Å². The van der Waals surface area contributed by atoms with Crippen LogP contribution >= 0.6 is 11.8 Å². The molecule has 0 saturated heterocycles. The fraction of sp³-hybridized carbons (Fsp3) is 0.818. The van der Waals surface area contributed by atoms with Gasteiger partial charge in [-0.3, -0.25) is 9.59 Å². The van der Waals surface area contributed by atoms with E-state index in [0.29, 0.717) is 5.75 Å². The number of rotatable bonds is 7. The van der Waals surface area contributed by atoms with Gasteiger partial charge in [-0.1, -0.05) is 13.8 Å². The topological polar surface area (TPSA) is 86.6 Å². The van der Waals surface area contributed by atoms with Crippen LogP contribution in [0.15, 0.2) is 0 Å². The molecule has 1 amide bonds. The summed E-state index contributed by atoms with van der Waals surface area (Å²) in [7, 11) is 0. The first kappa shape index (κ1) is 16.2. The third kappa shape index (κ3) is 5.93. The Hall–Kier alpha value is -0.750. The van der Waals surface area contributed by atoms with E-state index in [2.05, 4.69) is 5.32 Å². The molecule has 5 nitrogen and oxygen atoms in total. The van der Waals surface area contributed by atoms with Crippen molar-refractivity contribution < 1.29 is 19.8 Å². The second-order valence-electron chi connectivity index (χ2n) is 4.56. The van der Waals surface area contributed by atoms with Crippen LogP contribution in [0.5, 0.6) is 0 Å². The molecule has 0 aliphatic heterocycles. The van der Waals surface area contributed by atoms with Crippen molar-refractivity contribution in [2.75, 3.05) is 18.6 Å². The van der Waals surface area contributed by atoms with Gasteiger partial charge in [0.25, 0.3) is 0 Å². The standard InChI is InChI=1S/C11H21NO4S/c1-7(8(2)10(14)15)9(13)12-5-11(3,16)6-17-4/h7-8,16H,5-6H2,1-4H3,(H,12,13)(H,14,15). The van der Waals surface area contributed by atoms with Crippen molar-refractivity contribution in [1.29, 1.82) is 0 Å². The molecule has 6 heteroatoms. The first-order valence-electron chi connectivity index (χ1n) is 5.43. The van der Waals surface area contributed by atoms with Gasteiger partial charge in [-0.15, -0.1) is 0 Å². The summed E-state index contributed by atoms with van der Waals surface area (Å²) in [6, 6.07) is 0. The zero-order valence-corrected chi connectivity index (χ0v) is 11.5. The van der Waals surface area contributed by atoms with Crippen LogP contribution in [0.4, 0.5) is 0 Å². The summed E-state index contributed by atoms with van der Waals surface area (Å²) in [6.45, 7) is 4.82. The Morgan fingerprint density at radius 1 is 1.35 bits per heavy atom. The van der Waals surface area contributed by atoms with Crippen molar-refractivity contribution in [3.05, 3.63) is 0 Å². The monoisotopic (exact) mass is 263 g/mol. The summed E-state index contributed by atoms with van der Waals surface area (Å²) >= 11 is 1.48. The van der Waals surface area contributed by atoms with Gasteiger partial charge in [0.1, 0.15) is 0 Å². The molecule has 0 radical (unpaired) electrons. The summed E-state index contributed by atoms with van der Waals surface area (Å²) in [5.74, 6) is -2.18. The fourth-order valence-electron chi connectivity index (χ4n) is 1.24. The lowest BCUT2D eigenvalue weighted by Crippen LogP contribution is -2.45. The number of carbonyl (C=O) groups excluding carboxylic acids is 1. The normalized spacial score (nSPS) is 17.9. The van der Waals surface area contributed by atoms with E-state index >= 15 is 0 Å². The van der Waals surface area contributed by atoms with E-state index in [9.17, 15) is 14.7 Å². The second-order valence-corrected chi connectivity index (χ2v) is 5.43. The van der Waals surface area contributed by atoms with Gasteiger partial charge >= 0.3 is 5.97 Å². The maximum Gasteiger partial charge on any atom is 0.307 e. The molecule has 0 rings (SSSR count). The van der Waals surface area contributed by atoms with Crippen LogP contribution in [-0.4, -0.2) is 46.2 Å². The Labute approximate surface area is 106 Å². The number of amides is 1. The number of carboxylic acids is 1. The van der Waals surface area contributed by atoms with Crippen molar-refractivity contribution in [1.82, 2.24) is 5.32 Å². The molecule has 0 aromatic rings. The Kier molecular flexibility index (Phi) is 6.56. The summed E-state index contributed by atoms with van der Waals surface area (Å²) in [5.41, 5.74) is -0.971. The van der Waals surface area contributed by atoms with Crippen LogP contribution in [-0.2, 0) is 9.59 Å². The van der Waals surface area contributed by atoms with Gasteiger partial charge in [0.05, 0.1) is 11.5 Å². The predicted octanol–water partition coefficient (Wildman–Crippen LogP) is 0.573. The Morgan fingerprint density at radius 2 is 1.88 bits per heavy atom. The first-order valence-corrected chi connectivity index (χ1v) is 6.82. The van der Waals surface area contributed by atoms with Gasteiger partial charge < -0.3 is 15.5 Å². The highest BCUT2D eigenvalue weighted by atomic mass is 32.2. The Balaban J connectivity index is 4.23. The van der Waals surface area contributed by atoms with Crippen LogP contribution in [0.1, 0.15) is 20.8 Å². The number of carbonyl (C=O) groups is 2. The number of aliphatic hydroxyl groups is 1. The average Bonchev–Trinajstić information content (AvgIpc) is 2.23. The molecule has 100 valence electrons. The van der Waals surface area contributed by atoms with Gasteiger partial charge in [-0.25, -0.2) is 0 Å².